The van der Waals surface area contributed by atoms with Gasteiger partial charge in [0, 0.05) is 44.4 Å². The number of carbonyl (C=O) groups is 2. The van der Waals surface area contributed by atoms with Crippen LogP contribution in [0, 0.1) is 0 Å². The van der Waals surface area contributed by atoms with Gasteiger partial charge in [-0.25, -0.2) is 4.98 Å². The van der Waals surface area contributed by atoms with Crippen LogP contribution in [0.4, 0.5) is 0 Å². The number of aryl methyl sites for hydroxylation is 1. The van der Waals surface area contributed by atoms with Crippen LogP contribution in [0.3, 0.4) is 0 Å². The normalized spacial score (nSPS) is 17.7. The lowest BCUT2D eigenvalue weighted by molar-refractivity contribution is -0.143. The summed E-state index contributed by atoms with van der Waals surface area (Å²) in [6, 6.07) is 0.449. The minimum atomic E-state index is -0.286. The van der Waals surface area contributed by atoms with Crippen LogP contribution in [0.15, 0.2) is 12.4 Å². The standard InChI is InChI=1S/C16H26N4O3/c1-4-23-16(22)12-19-10-8-17-14(19)5-6-15(21)20-9-7-13(11-20)18(2)3/h8,10,13H,4-7,9,11-12H2,1-3H3. The Morgan fingerprint density at radius 2 is 2.22 bits per heavy atom. The van der Waals surface area contributed by atoms with E-state index in [0.29, 0.717) is 25.5 Å². The smallest absolute Gasteiger partial charge is 0.325 e. The molecule has 23 heavy (non-hydrogen) atoms. The zero-order valence-corrected chi connectivity index (χ0v) is 14.2. The molecule has 1 aromatic rings. The van der Waals surface area contributed by atoms with E-state index in [4.69, 9.17) is 4.74 Å². The summed E-state index contributed by atoms with van der Waals surface area (Å²) in [5.41, 5.74) is 0. The first-order valence-corrected chi connectivity index (χ1v) is 8.11. The molecule has 7 nitrogen and oxygen atoms in total. The lowest BCUT2D eigenvalue weighted by Crippen LogP contribution is -2.34. The Kier molecular flexibility index (Phi) is 6.15. The Labute approximate surface area is 137 Å². The Bertz CT molecular complexity index is 541. The summed E-state index contributed by atoms with van der Waals surface area (Å²) in [6.45, 7) is 3.90. The van der Waals surface area contributed by atoms with Gasteiger partial charge in [0.1, 0.15) is 12.4 Å². The molecule has 1 amide bonds. The lowest BCUT2D eigenvalue weighted by Gasteiger charge is -2.20. The van der Waals surface area contributed by atoms with E-state index in [9.17, 15) is 9.59 Å². The second-order valence-corrected chi connectivity index (χ2v) is 6.02. The van der Waals surface area contributed by atoms with E-state index in [2.05, 4.69) is 9.88 Å². The highest BCUT2D eigenvalue weighted by Gasteiger charge is 2.27. The Hall–Kier alpha value is -1.89. The number of hydrogen-bond acceptors (Lipinski definition) is 5. The van der Waals surface area contributed by atoms with Gasteiger partial charge in [-0.3, -0.25) is 9.59 Å². The number of aromatic nitrogens is 2. The molecule has 0 spiro atoms. The summed E-state index contributed by atoms with van der Waals surface area (Å²) in [5, 5.41) is 0. The number of likely N-dealkylation sites (N-methyl/N-ethyl adjacent to an activating group) is 1. The van der Waals surface area contributed by atoms with Crippen LogP contribution < -0.4 is 0 Å². The van der Waals surface area contributed by atoms with E-state index < -0.39 is 0 Å². The fourth-order valence-electron chi connectivity index (χ4n) is 2.82. The third-order valence-corrected chi connectivity index (χ3v) is 4.22. The van der Waals surface area contributed by atoms with Crippen molar-refractivity contribution in [2.75, 3.05) is 33.8 Å². The molecule has 0 saturated carbocycles. The van der Waals surface area contributed by atoms with Gasteiger partial charge >= 0.3 is 5.97 Å². The number of nitrogens with zero attached hydrogens (tertiary/aromatic N) is 4. The van der Waals surface area contributed by atoms with Gasteiger partial charge in [0.2, 0.25) is 5.91 Å². The van der Waals surface area contributed by atoms with E-state index >= 15 is 0 Å². The highest BCUT2D eigenvalue weighted by Crippen LogP contribution is 2.15. The molecule has 1 unspecified atom stereocenters. The van der Waals surface area contributed by atoms with Crippen LogP contribution in [0.25, 0.3) is 0 Å². The summed E-state index contributed by atoms with van der Waals surface area (Å²) in [5.74, 6) is 0.612. The highest BCUT2D eigenvalue weighted by atomic mass is 16.5. The predicted octanol–water partition coefficient (Wildman–Crippen LogP) is 0.541. The second kappa shape index (κ2) is 8.10. The number of imidazole rings is 1. The van der Waals surface area contributed by atoms with Gasteiger partial charge in [-0.05, 0) is 27.4 Å². The van der Waals surface area contributed by atoms with E-state index in [0.717, 1.165) is 25.3 Å². The quantitative estimate of drug-likeness (QED) is 0.686. The first-order chi connectivity index (χ1) is 11.0. The summed E-state index contributed by atoms with van der Waals surface area (Å²) >= 11 is 0. The van der Waals surface area contributed by atoms with Crippen LogP contribution in [0.1, 0.15) is 25.6 Å². The summed E-state index contributed by atoms with van der Waals surface area (Å²) in [7, 11) is 4.09. The SMILES string of the molecule is CCOC(=O)Cn1ccnc1CCC(=O)N1CCC(N(C)C)C1. The molecule has 128 valence electrons. The zero-order chi connectivity index (χ0) is 16.8. The maximum atomic E-state index is 12.3. The zero-order valence-electron chi connectivity index (χ0n) is 14.2. The van der Waals surface area contributed by atoms with Crippen molar-refractivity contribution in [1.82, 2.24) is 19.4 Å². The Morgan fingerprint density at radius 3 is 2.87 bits per heavy atom. The van der Waals surface area contributed by atoms with Crippen LogP contribution in [0.5, 0.6) is 0 Å². The molecule has 1 aromatic heterocycles. The monoisotopic (exact) mass is 322 g/mol. The van der Waals surface area contributed by atoms with E-state index in [1.165, 1.54) is 0 Å². The van der Waals surface area contributed by atoms with Crippen LogP contribution in [-0.2, 0) is 27.3 Å². The molecule has 2 rings (SSSR count). The fourth-order valence-corrected chi connectivity index (χ4v) is 2.82. The first kappa shape index (κ1) is 17.5. The van der Waals surface area contributed by atoms with Crippen molar-refractivity contribution in [2.45, 2.75) is 38.8 Å². The van der Waals surface area contributed by atoms with Gasteiger partial charge in [0.15, 0.2) is 0 Å². The molecule has 1 atom stereocenters. The molecular formula is C16H26N4O3. The molecule has 1 aliphatic heterocycles. The summed E-state index contributed by atoms with van der Waals surface area (Å²) in [4.78, 5) is 32.2. The second-order valence-electron chi connectivity index (χ2n) is 6.02. The molecule has 1 saturated heterocycles. The van der Waals surface area contributed by atoms with Crippen molar-refractivity contribution in [1.29, 1.82) is 0 Å². The molecule has 2 heterocycles. The van der Waals surface area contributed by atoms with Crippen LogP contribution in [0.2, 0.25) is 0 Å². The van der Waals surface area contributed by atoms with Gasteiger partial charge in [-0.1, -0.05) is 0 Å². The number of hydrogen-bond donors (Lipinski definition) is 0. The molecule has 0 N–H and O–H groups in total. The fraction of sp³-hybridized carbons (Fsp3) is 0.688. The minimum Gasteiger partial charge on any atom is -0.465 e. The Balaban J connectivity index is 1.83. The molecule has 1 aliphatic rings. The number of carbonyl (C=O) groups excluding carboxylic acids is 2. The van der Waals surface area contributed by atoms with Crippen LogP contribution >= 0.6 is 0 Å². The highest BCUT2D eigenvalue weighted by molar-refractivity contribution is 5.76. The van der Waals surface area contributed by atoms with Crippen molar-refractivity contribution < 1.29 is 14.3 Å². The lowest BCUT2D eigenvalue weighted by atomic mass is 10.2. The topological polar surface area (TPSA) is 67.7 Å². The van der Waals surface area contributed by atoms with E-state index in [-0.39, 0.29) is 18.4 Å². The maximum Gasteiger partial charge on any atom is 0.325 e. The third kappa shape index (κ3) is 4.79. The van der Waals surface area contributed by atoms with Gasteiger partial charge in [-0.15, -0.1) is 0 Å². The van der Waals surface area contributed by atoms with Gasteiger partial charge in [0.25, 0.3) is 0 Å². The van der Waals surface area contributed by atoms with Gasteiger partial charge in [0.05, 0.1) is 6.61 Å². The predicted molar refractivity (Wildman–Crippen MR) is 85.9 cm³/mol. The van der Waals surface area contributed by atoms with Crippen molar-refractivity contribution in [2.24, 2.45) is 0 Å². The largest absolute Gasteiger partial charge is 0.465 e. The average molecular weight is 322 g/mol. The molecule has 1 fully saturated rings. The molecule has 0 bridgehead atoms. The van der Waals surface area contributed by atoms with E-state index in [1.54, 1.807) is 23.9 Å². The summed E-state index contributed by atoms with van der Waals surface area (Å²) < 4.78 is 6.69. The van der Waals surface area contributed by atoms with E-state index in [1.807, 2.05) is 19.0 Å². The number of esters is 1. The maximum absolute atomic E-state index is 12.3. The average Bonchev–Trinajstić information content (AvgIpc) is 3.14. The van der Waals surface area contributed by atoms with Crippen LogP contribution in [-0.4, -0.2) is 71.1 Å². The van der Waals surface area contributed by atoms with Crippen molar-refractivity contribution in [3.8, 4) is 0 Å². The molecular weight excluding hydrogens is 296 g/mol. The van der Waals surface area contributed by atoms with Gasteiger partial charge in [-0.2, -0.15) is 0 Å². The number of likely N-dealkylation sites (tertiary alicyclic amines) is 1. The third-order valence-electron chi connectivity index (χ3n) is 4.22. The first-order valence-electron chi connectivity index (χ1n) is 8.11. The molecule has 0 aliphatic carbocycles. The number of rotatable bonds is 7. The molecule has 7 heteroatoms. The van der Waals surface area contributed by atoms with Crippen molar-refractivity contribution >= 4 is 11.9 Å². The van der Waals surface area contributed by atoms with Crippen molar-refractivity contribution in [3.63, 3.8) is 0 Å². The Morgan fingerprint density at radius 1 is 1.43 bits per heavy atom. The number of ether oxygens (including phenoxy) is 1. The molecule has 0 aromatic carbocycles. The number of amides is 1. The van der Waals surface area contributed by atoms with Gasteiger partial charge < -0.3 is 19.1 Å². The minimum absolute atomic E-state index is 0.143. The van der Waals surface area contributed by atoms with Crippen molar-refractivity contribution in [3.05, 3.63) is 18.2 Å². The molecule has 0 radical (unpaired) electrons. The summed E-state index contributed by atoms with van der Waals surface area (Å²) in [6.07, 6.45) is 5.37.